The third-order valence-corrected chi connectivity index (χ3v) is 12.8. The average molecular weight is 1050 g/mol. The Morgan fingerprint density at radius 1 is 0.276 bits per heavy atom. The molecule has 430 valence electrons. The highest BCUT2D eigenvalue weighted by molar-refractivity contribution is 5.71. The molecule has 6 heteroatoms. The van der Waals surface area contributed by atoms with Gasteiger partial charge in [0.1, 0.15) is 13.2 Å². The van der Waals surface area contributed by atoms with Crippen LogP contribution in [0.5, 0.6) is 0 Å². The van der Waals surface area contributed by atoms with E-state index in [0.29, 0.717) is 19.3 Å². The molecule has 0 aromatic heterocycles. The predicted molar refractivity (Wildman–Crippen MR) is 329 cm³/mol. The van der Waals surface area contributed by atoms with Crippen LogP contribution >= 0.6 is 0 Å². The second-order valence-corrected chi connectivity index (χ2v) is 20.2. The largest absolute Gasteiger partial charge is 0.462 e. The monoisotopic (exact) mass is 1050 g/mol. The van der Waals surface area contributed by atoms with Gasteiger partial charge in [-0.05, 0) is 135 Å². The molecule has 76 heavy (non-hydrogen) atoms. The Balaban J connectivity index is 4.23. The molecule has 0 spiro atoms. The first-order valence-electron chi connectivity index (χ1n) is 31.2. The standard InChI is InChI=1S/C70H114O6/c1-4-7-10-13-16-19-22-24-26-27-28-29-30-31-32-33-34-35-36-37-38-39-40-41-42-43-45-46-48-51-54-57-60-63-69(72)75-66-67(65-74-68(71)62-59-56-53-50-21-18-15-12-9-6-3)76-70(73)64-61-58-55-52-49-47-44-25-23-20-17-14-11-8-5-2/h7,10,12,15-17,19-20,24-26,28-29,31-32,34-35,37-38,40-41,44,67H,4-6,8-9,11,13-14,18,21-23,27,30,33,36,39,42-43,45-66H2,1-3H3/b10-7-,15-12-,19-16-,20-17-,26-24-,29-28-,32-31-,35-34-,38-37-,41-40-,44-25-. The van der Waals surface area contributed by atoms with Crippen molar-refractivity contribution < 1.29 is 28.6 Å². The summed E-state index contributed by atoms with van der Waals surface area (Å²) in [6.07, 6.45) is 88.9. The number of rotatable bonds is 55. The van der Waals surface area contributed by atoms with E-state index in [1.807, 2.05) is 0 Å². The molecule has 0 aliphatic carbocycles. The lowest BCUT2D eigenvalue weighted by atomic mass is 10.1. The average Bonchev–Trinajstić information content (AvgIpc) is 3.42. The molecule has 0 N–H and O–H groups in total. The van der Waals surface area contributed by atoms with Gasteiger partial charge in [-0.1, -0.05) is 251 Å². The summed E-state index contributed by atoms with van der Waals surface area (Å²) < 4.78 is 16.8. The third kappa shape index (κ3) is 60.4. The van der Waals surface area contributed by atoms with Gasteiger partial charge in [0, 0.05) is 19.3 Å². The minimum atomic E-state index is -0.795. The van der Waals surface area contributed by atoms with Crippen LogP contribution in [0, 0.1) is 0 Å². The Morgan fingerprint density at radius 2 is 0.539 bits per heavy atom. The van der Waals surface area contributed by atoms with Crippen LogP contribution < -0.4 is 0 Å². The maximum Gasteiger partial charge on any atom is 0.306 e. The SMILES string of the molecule is CC/C=C\C/C=C\C/C=C\C/C=C\C/C=C\C/C=C\C/C=C\C/C=C\CCCCCCCCCCC(=O)OCC(COC(=O)CCCCCCC/C=C\CCC)OC(=O)CCCCCCC/C=C\C/C=C\CCCCC. The van der Waals surface area contributed by atoms with Gasteiger partial charge in [0.15, 0.2) is 6.10 Å². The molecule has 0 radical (unpaired) electrons. The molecule has 0 aromatic rings. The lowest BCUT2D eigenvalue weighted by molar-refractivity contribution is -0.167. The van der Waals surface area contributed by atoms with E-state index >= 15 is 0 Å². The molecule has 0 aromatic carbocycles. The number of esters is 3. The normalized spacial score (nSPS) is 13.0. The zero-order valence-corrected chi connectivity index (χ0v) is 49.2. The molecule has 0 heterocycles. The van der Waals surface area contributed by atoms with Crippen LogP contribution in [0.2, 0.25) is 0 Å². The van der Waals surface area contributed by atoms with Gasteiger partial charge in [0.25, 0.3) is 0 Å². The maximum atomic E-state index is 12.8. The van der Waals surface area contributed by atoms with Crippen molar-refractivity contribution >= 4 is 17.9 Å². The summed E-state index contributed by atoms with van der Waals surface area (Å²) in [5, 5.41) is 0. The van der Waals surface area contributed by atoms with Crippen molar-refractivity contribution in [3.63, 3.8) is 0 Å². The summed E-state index contributed by atoms with van der Waals surface area (Å²) in [6, 6.07) is 0. The summed E-state index contributed by atoms with van der Waals surface area (Å²) in [6.45, 7) is 6.41. The van der Waals surface area contributed by atoms with E-state index in [9.17, 15) is 14.4 Å². The molecule has 1 unspecified atom stereocenters. The molecule has 6 nitrogen and oxygen atoms in total. The lowest BCUT2D eigenvalue weighted by Crippen LogP contribution is -2.30. The second-order valence-electron chi connectivity index (χ2n) is 20.2. The highest BCUT2D eigenvalue weighted by Gasteiger charge is 2.19. The van der Waals surface area contributed by atoms with Crippen LogP contribution in [0.3, 0.4) is 0 Å². The van der Waals surface area contributed by atoms with Crippen LogP contribution in [0.15, 0.2) is 134 Å². The van der Waals surface area contributed by atoms with Gasteiger partial charge in [0.05, 0.1) is 0 Å². The number of carbonyl (C=O) groups is 3. The van der Waals surface area contributed by atoms with E-state index in [-0.39, 0.29) is 31.1 Å². The van der Waals surface area contributed by atoms with Gasteiger partial charge < -0.3 is 14.2 Å². The topological polar surface area (TPSA) is 78.9 Å². The van der Waals surface area contributed by atoms with Gasteiger partial charge in [-0.2, -0.15) is 0 Å². The van der Waals surface area contributed by atoms with Crippen molar-refractivity contribution in [2.45, 2.75) is 277 Å². The Morgan fingerprint density at radius 3 is 0.868 bits per heavy atom. The van der Waals surface area contributed by atoms with Crippen molar-refractivity contribution in [2.24, 2.45) is 0 Å². The Bertz CT molecular complexity index is 1630. The van der Waals surface area contributed by atoms with Crippen LogP contribution in [0.4, 0.5) is 0 Å². The zero-order chi connectivity index (χ0) is 55.0. The van der Waals surface area contributed by atoms with E-state index in [2.05, 4.69) is 154 Å². The molecule has 0 fully saturated rings. The first kappa shape index (κ1) is 71.5. The van der Waals surface area contributed by atoms with Crippen LogP contribution in [-0.2, 0) is 28.6 Å². The first-order chi connectivity index (χ1) is 37.5. The molecular formula is C70H114O6. The second kappa shape index (κ2) is 63.1. The third-order valence-electron chi connectivity index (χ3n) is 12.8. The summed E-state index contributed by atoms with van der Waals surface area (Å²) in [5.74, 6) is -0.927. The Hall–Kier alpha value is -4.45. The molecule has 1 atom stereocenters. The van der Waals surface area contributed by atoms with Crippen molar-refractivity contribution in [2.75, 3.05) is 13.2 Å². The molecule has 0 aliphatic heterocycles. The van der Waals surface area contributed by atoms with E-state index in [4.69, 9.17) is 14.2 Å². The van der Waals surface area contributed by atoms with Gasteiger partial charge in [-0.15, -0.1) is 0 Å². The minimum absolute atomic E-state index is 0.0932. The smallest absolute Gasteiger partial charge is 0.306 e. The fourth-order valence-electron chi connectivity index (χ4n) is 8.20. The number of hydrogen-bond donors (Lipinski definition) is 0. The molecule has 0 bridgehead atoms. The predicted octanol–water partition coefficient (Wildman–Crippen LogP) is 21.4. The van der Waals surface area contributed by atoms with Crippen molar-refractivity contribution in [3.05, 3.63) is 134 Å². The molecule has 0 rings (SSSR count). The number of hydrogen-bond acceptors (Lipinski definition) is 6. The number of carbonyl (C=O) groups excluding carboxylic acids is 3. The summed E-state index contributed by atoms with van der Waals surface area (Å²) >= 11 is 0. The fourth-order valence-corrected chi connectivity index (χ4v) is 8.20. The maximum absolute atomic E-state index is 12.8. The summed E-state index contributed by atoms with van der Waals surface area (Å²) in [4.78, 5) is 38.1. The van der Waals surface area contributed by atoms with E-state index in [1.54, 1.807) is 0 Å². The summed E-state index contributed by atoms with van der Waals surface area (Å²) in [5.41, 5.74) is 0. The van der Waals surface area contributed by atoms with E-state index < -0.39 is 6.10 Å². The van der Waals surface area contributed by atoms with Gasteiger partial charge in [-0.3, -0.25) is 14.4 Å². The van der Waals surface area contributed by atoms with Crippen LogP contribution in [0.1, 0.15) is 271 Å². The molecule has 0 saturated heterocycles. The fraction of sp³-hybridized carbons (Fsp3) is 0.643. The lowest BCUT2D eigenvalue weighted by Gasteiger charge is -2.18. The zero-order valence-electron chi connectivity index (χ0n) is 49.2. The minimum Gasteiger partial charge on any atom is -0.462 e. The van der Waals surface area contributed by atoms with E-state index in [1.165, 1.54) is 70.6 Å². The van der Waals surface area contributed by atoms with Crippen molar-refractivity contribution in [1.29, 1.82) is 0 Å². The van der Waals surface area contributed by atoms with E-state index in [0.717, 1.165) is 161 Å². The number of ether oxygens (including phenoxy) is 3. The van der Waals surface area contributed by atoms with Crippen molar-refractivity contribution in [3.8, 4) is 0 Å². The summed E-state index contributed by atoms with van der Waals surface area (Å²) in [7, 11) is 0. The number of unbranched alkanes of at least 4 members (excludes halogenated alkanes) is 22. The van der Waals surface area contributed by atoms with Crippen LogP contribution in [-0.4, -0.2) is 37.2 Å². The molecular weight excluding hydrogens is 937 g/mol. The molecule has 0 aliphatic rings. The van der Waals surface area contributed by atoms with Crippen molar-refractivity contribution in [1.82, 2.24) is 0 Å². The quantitative estimate of drug-likeness (QED) is 0.0261. The van der Waals surface area contributed by atoms with Gasteiger partial charge >= 0.3 is 17.9 Å². The number of allylic oxidation sites excluding steroid dienone is 22. The molecule has 0 saturated carbocycles. The molecule has 0 amide bonds. The van der Waals surface area contributed by atoms with Crippen LogP contribution in [0.25, 0.3) is 0 Å². The highest BCUT2D eigenvalue weighted by Crippen LogP contribution is 2.14. The van der Waals surface area contributed by atoms with Gasteiger partial charge in [-0.25, -0.2) is 0 Å². The Labute approximate surface area is 468 Å². The first-order valence-corrected chi connectivity index (χ1v) is 31.2. The highest BCUT2D eigenvalue weighted by atomic mass is 16.6. The van der Waals surface area contributed by atoms with Gasteiger partial charge in [0.2, 0.25) is 0 Å². The Kier molecular flexibility index (Phi) is 59.4.